The Morgan fingerprint density at radius 3 is 2.29 bits per heavy atom. The maximum Gasteiger partial charge on any atom is 0.338 e. The maximum atomic E-state index is 11.7. The zero-order valence-corrected chi connectivity index (χ0v) is 17.4. The first-order valence-corrected chi connectivity index (χ1v) is 9.56. The molecular weight excluding hydrogens is 392 g/mol. The van der Waals surface area contributed by atoms with Gasteiger partial charge in [0, 0.05) is 17.2 Å². The summed E-state index contributed by atoms with van der Waals surface area (Å²) in [6, 6.07) is 16.2. The third-order valence-corrected chi connectivity index (χ3v) is 4.35. The van der Waals surface area contributed by atoms with Gasteiger partial charge in [0.1, 0.15) is 23.0 Å². The lowest BCUT2D eigenvalue weighted by atomic mass is 10.1. The standard InChI is InChI=1S/C26H22O5/c1-5-25(27)30-21-10-7-19(8-11-21)6-9-20-13-15-24(29-20)23-14-12-22(16-18(23)4)31-26(28)17(2)3/h5-16H,1-2H2,3-4H3. The van der Waals surface area contributed by atoms with Crippen LogP contribution in [0.15, 0.2) is 83.8 Å². The molecular formula is C26H22O5. The van der Waals surface area contributed by atoms with Crippen molar-refractivity contribution >= 4 is 24.1 Å². The average molecular weight is 414 g/mol. The van der Waals surface area contributed by atoms with Crippen LogP contribution in [-0.4, -0.2) is 11.9 Å². The predicted molar refractivity (Wildman–Crippen MR) is 121 cm³/mol. The molecule has 0 unspecified atom stereocenters. The molecule has 1 aromatic heterocycles. The summed E-state index contributed by atoms with van der Waals surface area (Å²) in [6.45, 7) is 10.5. The minimum absolute atomic E-state index is 0.344. The van der Waals surface area contributed by atoms with Gasteiger partial charge in [0.2, 0.25) is 0 Å². The van der Waals surface area contributed by atoms with Crippen LogP contribution in [0.1, 0.15) is 23.8 Å². The fourth-order valence-corrected chi connectivity index (χ4v) is 2.74. The number of esters is 2. The Balaban J connectivity index is 1.70. The van der Waals surface area contributed by atoms with Crippen LogP contribution in [0.25, 0.3) is 23.5 Å². The fourth-order valence-electron chi connectivity index (χ4n) is 2.74. The van der Waals surface area contributed by atoms with Gasteiger partial charge >= 0.3 is 11.9 Å². The van der Waals surface area contributed by atoms with Crippen molar-refractivity contribution in [3.63, 3.8) is 0 Å². The van der Waals surface area contributed by atoms with E-state index in [9.17, 15) is 9.59 Å². The highest BCUT2D eigenvalue weighted by Gasteiger charge is 2.10. The maximum absolute atomic E-state index is 11.7. The van der Waals surface area contributed by atoms with E-state index in [1.54, 1.807) is 31.2 Å². The minimum atomic E-state index is -0.497. The average Bonchev–Trinajstić information content (AvgIpc) is 3.22. The quantitative estimate of drug-likeness (QED) is 0.270. The minimum Gasteiger partial charge on any atom is -0.457 e. The van der Waals surface area contributed by atoms with Gasteiger partial charge in [0.15, 0.2) is 0 Å². The summed E-state index contributed by atoms with van der Waals surface area (Å²) in [5, 5.41) is 0. The molecule has 5 heteroatoms. The van der Waals surface area contributed by atoms with Crippen molar-refractivity contribution in [1.29, 1.82) is 0 Å². The lowest BCUT2D eigenvalue weighted by molar-refractivity contribution is -0.130. The lowest BCUT2D eigenvalue weighted by Crippen LogP contribution is -2.08. The van der Waals surface area contributed by atoms with Gasteiger partial charge in [-0.3, -0.25) is 0 Å². The van der Waals surface area contributed by atoms with Gasteiger partial charge in [0.05, 0.1) is 0 Å². The van der Waals surface area contributed by atoms with E-state index in [0.717, 1.165) is 22.8 Å². The summed E-state index contributed by atoms with van der Waals surface area (Å²) < 4.78 is 16.3. The molecule has 0 N–H and O–H groups in total. The normalized spacial score (nSPS) is 10.6. The topological polar surface area (TPSA) is 65.7 Å². The monoisotopic (exact) mass is 414 g/mol. The van der Waals surface area contributed by atoms with Crippen LogP contribution in [0.2, 0.25) is 0 Å². The number of furan rings is 1. The number of benzene rings is 2. The van der Waals surface area contributed by atoms with Gasteiger partial charge in [0.25, 0.3) is 0 Å². The first-order chi connectivity index (χ1) is 14.9. The highest BCUT2D eigenvalue weighted by molar-refractivity contribution is 5.89. The van der Waals surface area contributed by atoms with Gasteiger partial charge in [-0.05, 0) is 73.5 Å². The zero-order valence-electron chi connectivity index (χ0n) is 17.4. The van der Waals surface area contributed by atoms with Crippen LogP contribution in [0.4, 0.5) is 0 Å². The van der Waals surface area contributed by atoms with Gasteiger partial charge in [-0.2, -0.15) is 0 Å². The van der Waals surface area contributed by atoms with E-state index in [1.165, 1.54) is 0 Å². The Labute approximate surface area is 180 Å². The van der Waals surface area contributed by atoms with Crippen molar-refractivity contribution in [3.8, 4) is 22.8 Å². The molecule has 2 aromatic carbocycles. The summed E-state index contributed by atoms with van der Waals surface area (Å²) in [5.41, 5.74) is 3.09. The summed E-state index contributed by atoms with van der Waals surface area (Å²) in [6.07, 6.45) is 4.87. The first-order valence-electron chi connectivity index (χ1n) is 9.56. The number of rotatable bonds is 7. The highest BCUT2D eigenvalue weighted by atomic mass is 16.5. The number of ether oxygens (including phenoxy) is 2. The van der Waals surface area contributed by atoms with Crippen LogP contribution in [0.5, 0.6) is 11.5 Å². The number of hydrogen-bond donors (Lipinski definition) is 0. The molecule has 5 nitrogen and oxygen atoms in total. The second-order valence-corrected chi connectivity index (χ2v) is 6.88. The van der Waals surface area contributed by atoms with Crippen molar-refractivity contribution in [1.82, 2.24) is 0 Å². The smallest absolute Gasteiger partial charge is 0.338 e. The van der Waals surface area contributed by atoms with Crippen molar-refractivity contribution in [2.45, 2.75) is 13.8 Å². The van der Waals surface area contributed by atoms with Crippen LogP contribution in [-0.2, 0) is 9.59 Å². The Hall–Kier alpha value is -4.12. The molecule has 0 aliphatic carbocycles. The molecule has 0 bridgehead atoms. The van der Waals surface area contributed by atoms with Crippen LogP contribution in [0.3, 0.4) is 0 Å². The number of aryl methyl sites for hydroxylation is 1. The van der Waals surface area contributed by atoms with Gasteiger partial charge in [-0.1, -0.05) is 31.4 Å². The zero-order chi connectivity index (χ0) is 22.4. The Kier molecular flexibility index (Phi) is 6.67. The molecule has 0 aliphatic heterocycles. The molecule has 0 radical (unpaired) electrons. The molecule has 3 rings (SSSR count). The molecule has 156 valence electrons. The summed E-state index contributed by atoms with van der Waals surface area (Å²) >= 11 is 0. The van der Waals surface area contributed by atoms with Crippen molar-refractivity contribution in [2.24, 2.45) is 0 Å². The van der Waals surface area contributed by atoms with E-state index in [0.29, 0.717) is 28.6 Å². The van der Waals surface area contributed by atoms with E-state index in [2.05, 4.69) is 13.2 Å². The highest BCUT2D eigenvalue weighted by Crippen LogP contribution is 2.29. The van der Waals surface area contributed by atoms with Crippen LogP contribution >= 0.6 is 0 Å². The molecule has 1 heterocycles. The molecule has 0 amide bonds. The largest absolute Gasteiger partial charge is 0.457 e. The van der Waals surface area contributed by atoms with E-state index in [1.807, 2.05) is 49.4 Å². The molecule has 0 spiro atoms. The molecule has 3 aromatic rings. The van der Waals surface area contributed by atoms with E-state index in [-0.39, 0.29) is 0 Å². The van der Waals surface area contributed by atoms with Crippen molar-refractivity contribution in [3.05, 3.63) is 96.3 Å². The molecule has 0 saturated carbocycles. The van der Waals surface area contributed by atoms with Gasteiger partial charge < -0.3 is 13.9 Å². The summed E-state index contributed by atoms with van der Waals surface area (Å²) in [7, 11) is 0. The van der Waals surface area contributed by atoms with E-state index < -0.39 is 11.9 Å². The van der Waals surface area contributed by atoms with Crippen molar-refractivity contribution in [2.75, 3.05) is 0 Å². The molecule has 31 heavy (non-hydrogen) atoms. The Morgan fingerprint density at radius 1 is 0.935 bits per heavy atom. The summed E-state index contributed by atoms with van der Waals surface area (Å²) in [5.74, 6) is 1.36. The predicted octanol–water partition coefficient (Wildman–Crippen LogP) is 6.00. The van der Waals surface area contributed by atoms with Crippen LogP contribution in [0, 0.1) is 6.92 Å². The third kappa shape index (κ3) is 5.70. The Morgan fingerprint density at radius 2 is 1.65 bits per heavy atom. The van der Waals surface area contributed by atoms with Gasteiger partial charge in [-0.15, -0.1) is 0 Å². The van der Waals surface area contributed by atoms with Crippen molar-refractivity contribution < 1.29 is 23.5 Å². The third-order valence-electron chi connectivity index (χ3n) is 4.35. The number of hydrogen-bond acceptors (Lipinski definition) is 5. The second kappa shape index (κ2) is 9.59. The first kappa shape index (κ1) is 21.6. The molecule has 0 fully saturated rings. The van der Waals surface area contributed by atoms with Gasteiger partial charge in [-0.25, -0.2) is 9.59 Å². The number of carbonyl (C=O) groups is 2. The molecule has 0 saturated heterocycles. The lowest BCUT2D eigenvalue weighted by Gasteiger charge is -2.07. The SMILES string of the molecule is C=CC(=O)Oc1ccc(C=Cc2ccc(-c3ccc(OC(=O)C(=C)C)cc3C)o2)cc1. The summed E-state index contributed by atoms with van der Waals surface area (Å²) in [4.78, 5) is 22.9. The number of carbonyl (C=O) groups excluding carboxylic acids is 2. The molecule has 0 aliphatic rings. The van der Waals surface area contributed by atoms with E-state index in [4.69, 9.17) is 13.9 Å². The Bertz CT molecular complexity index is 1160. The molecule has 0 atom stereocenters. The van der Waals surface area contributed by atoms with Crippen LogP contribution < -0.4 is 9.47 Å². The second-order valence-electron chi connectivity index (χ2n) is 6.88. The fraction of sp³-hybridized carbons (Fsp3) is 0.0769. The van der Waals surface area contributed by atoms with E-state index >= 15 is 0 Å².